The summed E-state index contributed by atoms with van der Waals surface area (Å²) in [5, 5.41) is 19.2. The Morgan fingerprint density at radius 1 is 1.47 bits per heavy atom. The van der Waals surface area contributed by atoms with E-state index in [9.17, 15) is 10.2 Å². The Labute approximate surface area is 100 Å². The van der Waals surface area contributed by atoms with Crippen molar-refractivity contribution in [3.63, 3.8) is 0 Å². The molecule has 0 saturated heterocycles. The fourth-order valence-corrected chi connectivity index (χ4v) is 3.08. The average molecular weight is 230 g/mol. The first-order valence-corrected chi connectivity index (χ1v) is 5.81. The van der Waals surface area contributed by atoms with Crippen LogP contribution in [0.25, 0.3) is 0 Å². The molecule has 0 aromatic heterocycles. The average Bonchev–Trinajstić information content (AvgIpc) is 2.83. The maximum atomic E-state index is 9.87. The number of ether oxygens (including phenoxy) is 1. The lowest BCUT2D eigenvalue weighted by Gasteiger charge is -2.17. The maximum Gasteiger partial charge on any atom is 0.138 e. The van der Waals surface area contributed by atoms with E-state index in [0.29, 0.717) is 6.42 Å². The molecule has 2 aliphatic rings. The van der Waals surface area contributed by atoms with E-state index >= 15 is 0 Å². The van der Waals surface area contributed by atoms with Crippen LogP contribution in [0, 0.1) is 18.3 Å². The highest BCUT2D eigenvalue weighted by Crippen LogP contribution is 2.50. The van der Waals surface area contributed by atoms with Gasteiger partial charge in [0, 0.05) is 30.4 Å². The minimum absolute atomic E-state index is 0.0224. The normalized spacial score (nSPS) is 33.7. The highest BCUT2D eigenvalue weighted by atomic mass is 16.5. The summed E-state index contributed by atoms with van der Waals surface area (Å²) in [7, 11) is 0. The highest BCUT2D eigenvalue weighted by molar-refractivity contribution is 5.54. The van der Waals surface area contributed by atoms with Crippen molar-refractivity contribution in [3.8, 4) is 18.1 Å². The molecule has 3 rings (SSSR count). The van der Waals surface area contributed by atoms with E-state index in [4.69, 9.17) is 11.2 Å². The number of rotatable bonds is 1. The van der Waals surface area contributed by atoms with Crippen molar-refractivity contribution in [2.45, 2.75) is 24.5 Å². The summed E-state index contributed by atoms with van der Waals surface area (Å²) >= 11 is 0. The summed E-state index contributed by atoms with van der Waals surface area (Å²) in [5.74, 6) is 3.29. The van der Waals surface area contributed by atoms with E-state index < -0.39 is 6.10 Å². The monoisotopic (exact) mass is 230 g/mol. The van der Waals surface area contributed by atoms with Gasteiger partial charge in [-0.05, 0) is 6.07 Å². The summed E-state index contributed by atoms with van der Waals surface area (Å²) in [5.41, 5.74) is 1.78. The SMILES string of the molecule is C#Cc1cccc2c1O[C@H]1C[C@@H](O)[C@H](CO)[C@@H]21. The van der Waals surface area contributed by atoms with E-state index in [1.165, 1.54) is 0 Å². The second-order valence-electron chi connectivity index (χ2n) is 4.70. The van der Waals surface area contributed by atoms with Crippen LogP contribution in [0.1, 0.15) is 23.5 Å². The zero-order valence-electron chi connectivity index (χ0n) is 9.34. The molecule has 88 valence electrons. The van der Waals surface area contributed by atoms with Gasteiger partial charge in [0.15, 0.2) is 0 Å². The van der Waals surface area contributed by atoms with Crippen LogP contribution in [0.4, 0.5) is 0 Å². The van der Waals surface area contributed by atoms with E-state index in [-0.39, 0.29) is 24.5 Å². The number of benzene rings is 1. The topological polar surface area (TPSA) is 49.7 Å². The summed E-state index contributed by atoms with van der Waals surface area (Å²) in [6, 6.07) is 5.73. The van der Waals surface area contributed by atoms with Crippen LogP contribution in [0.3, 0.4) is 0 Å². The molecule has 1 aromatic carbocycles. The van der Waals surface area contributed by atoms with Gasteiger partial charge in [0.05, 0.1) is 11.7 Å². The molecule has 1 aromatic rings. The molecule has 4 atom stereocenters. The van der Waals surface area contributed by atoms with Gasteiger partial charge in [-0.15, -0.1) is 6.42 Å². The molecule has 0 unspecified atom stereocenters. The first-order valence-electron chi connectivity index (χ1n) is 5.81. The first-order chi connectivity index (χ1) is 8.26. The molecular weight excluding hydrogens is 216 g/mol. The summed E-state index contributed by atoms with van der Waals surface area (Å²) < 4.78 is 5.84. The molecule has 0 radical (unpaired) electrons. The molecule has 17 heavy (non-hydrogen) atoms. The van der Waals surface area contributed by atoms with Crippen LogP contribution in [0.5, 0.6) is 5.75 Å². The maximum absolute atomic E-state index is 9.87. The second-order valence-corrected chi connectivity index (χ2v) is 4.70. The number of hydrogen-bond acceptors (Lipinski definition) is 3. The van der Waals surface area contributed by atoms with Crippen molar-refractivity contribution >= 4 is 0 Å². The van der Waals surface area contributed by atoms with Crippen molar-refractivity contribution in [1.82, 2.24) is 0 Å². The summed E-state index contributed by atoms with van der Waals surface area (Å²) in [4.78, 5) is 0. The lowest BCUT2D eigenvalue weighted by molar-refractivity contribution is 0.0833. The van der Waals surface area contributed by atoms with Gasteiger partial charge in [-0.1, -0.05) is 18.1 Å². The van der Waals surface area contributed by atoms with Crippen LogP contribution in [-0.4, -0.2) is 29.0 Å². The van der Waals surface area contributed by atoms with E-state index in [0.717, 1.165) is 16.9 Å². The second kappa shape index (κ2) is 3.76. The van der Waals surface area contributed by atoms with Crippen LogP contribution in [-0.2, 0) is 0 Å². The largest absolute Gasteiger partial charge is 0.488 e. The zero-order chi connectivity index (χ0) is 12.0. The lowest BCUT2D eigenvalue weighted by Crippen LogP contribution is -2.22. The summed E-state index contributed by atoms with van der Waals surface area (Å²) in [6.07, 6.45) is 5.47. The number of aliphatic hydroxyl groups excluding tert-OH is 2. The fraction of sp³-hybridized carbons (Fsp3) is 0.429. The van der Waals surface area contributed by atoms with Gasteiger partial charge in [-0.3, -0.25) is 0 Å². The van der Waals surface area contributed by atoms with Crippen molar-refractivity contribution in [3.05, 3.63) is 29.3 Å². The molecule has 1 fully saturated rings. The first kappa shape index (κ1) is 10.6. The molecule has 1 aliphatic heterocycles. The molecule has 0 spiro atoms. The van der Waals surface area contributed by atoms with E-state index in [2.05, 4.69) is 5.92 Å². The van der Waals surface area contributed by atoms with E-state index in [1.54, 1.807) is 0 Å². The summed E-state index contributed by atoms with van der Waals surface area (Å²) in [6.45, 7) is -0.0224. The quantitative estimate of drug-likeness (QED) is 0.704. The van der Waals surface area contributed by atoms with Crippen molar-refractivity contribution in [1.29, 1.82) is 0 Å². The molecule has 3 nitrogen and oxygen atoms in total. The van der Waals surface area contributed by atoms with Crippen LogP contribution in [0.2, 0.25) is 0 Å². The molecule has 0 amide bonds. The molecule has 2 N–H and O–H groups in total. The predicted molar refractivity (Wildman–Crippen MR) is 62.7 cm³/mol. The minimum atomic E-state index is -0.488. The van der Waals surface area contributed by atoms with E-state index in [1.807, 2.05) is 18.2 Å². The lowest BCUT2D eigenvalue weighted by atomic mass is 9.88. The Balaban J connectivity index is 2.07. The van der Waals surface area contributed by atoms with Gasteiger partial charge in [0.2, 0.25) is 0 Å². The standard InChI is InChI=1S/C14H14O3/c1-2-8-4-3-5-9-13-10(7-15)11(16)6-12(13)17-14(8)9/h1,3-5,10-13,15-16H,6-7H2/t10-,11+,12-,13+/m0/s1. The Morgan fingerprint density at radius 2 is 2.29 bits per heavy atom. The molecular formula is C14H14O3. The van der Waals surface area contributed by atoms with Gasteiger partial charge in [0.25, 0.3) is 0 Å². The smallest absolute Gasteiger partial charge is 0.138 e. The van der Waals surface area contributed by atoms with Gasteiger partial charge in [-0.2, -0.15) is 0 Å². The molecule has 1 saturated carbocycles. The Kier molecular flexibility index (Phi) is 2.36. The van der Waals surface area contributed by atoms with Gasteiger partial charge in [-0.25, -0.2) is 0 Å². The predicted octanol–water partition coefficient (Wildman–Crippen LogP) is 0.886. The minimum Gasteiger partial charge on any atom is -0.488 e. The van der Waals surface area contributed by atoms with Crippen LogP contribution < -0.4 is 4.74 Å². The Bertz CT molecular complexity index is 489. The fourth-order valence-electron chi connectivity index (χ4n) is 3.08. The third kappa shape index (κ3) is 1.38. The number of para-hydroxylation sites is 1. The van der Waals surface area contributed by atoms with Gasteiger partial charge < -0.3 is 14.9 Å². The number of aliphatic hydroxyl groups is 2. The molecule has 1 aliphatic carbocycles. The molecule has 1 heterocycles. The van der Waals surface area contributed by atoms with Crippen LogP contribution >= 0.6 is 0 Å². The number of terminal acetylenes is 1. The third-order valence-corrected chi connectivity index (χ3v) is 3.87. The zero-order valence-corrected chi connectivity index (χ0v) is 9.34. The van der Waals surface area contributed by atoms with Crippen molar-refractivity contribution in [2.24, 2.45) is 5.92 Å². The Morgan fingerprint density at radius 3 is 3.00 bits per heavy atom. The number of hydrogen-bond donors (Lipinski definition) is 2. The van der Waals surface area contributed by atoms with Crippen LogP contribution in [0.15, 0.2) is 18.2 Å². The van der Waals surface area contributed by atoms with Crippen molar-refractivity contribution in [2.75, 3.05) is 6.61 Å². The molecule has 0 bridgehead atoms. The van der Waals surface area contributed by atoms with Gasteiger partial charge >= 0.3 is 0 Å². The van der Waals surface area contributed by atoms with Crippen molar-refractivity contribution < 1.29 is 14.9 Å². The highest BCUT2D eigenvalue weighted by Gasteiger charge is 2.49. The third-order valence-electron chi connectivity index (χ3n) is 3.87. The van der Waals surface area contributed by atoms with Gasteiger partial charge in [0.1, 0.15) is 11.9 Å². The Hall–Kier alpha value is -1.50. The molecule has 3 heteroatoms. The number of fused-ring (bicyclic) bond motifs is 3.